The van der Waals surface area contributed by atoms with Gasteiger partial charge in [0.15, 0.2) is 0 Å². The highest BCUT2D eigenvalue weighted by Crippen LogP contribution is 1.86. The van der Waals surface area contributed by atoms with Gasteiger partial charge in [-0.1, -0.05) is 0 Å². The molecule has 0 saturated heterocycles. The summed E-state index contributed by atoms with van der Waals surface area (Å²) in [5.74, 6) is 0.00361. The van der Waals surface area contributed by atoms with E-state index in [9.17, 15) is 4.79 Å². The standard InChI is InChI=1S/C6H11N3O/c1-5(10)9-6-2-7-4-8-3-6/h4,6H,2-3H2,1H3,(H,7,8)(H,9,10). The lowest BCUT2D eigenvalue weighted by atomic mass is 10.3. The first kappa shape index (κ1) is 7.05. The molecule has 0 aliphatic carbocycles. The van der Waals surface area contributed by atoms with Crippen LogP contribution >= 0.6 is 0 Å². The van der Waals surface area contributed by atoms with Gasteiger partial charge in [-0.15, -0.1) is 0 Å². The van der Waals surface area contributed by atoms with Gasteiger partial charge in [-0.3, -0.25) is 9.79 Å². The number of hydrogen-bond acceptors (Lipinski definition) is 3. The Bertz CT molecular complexity index is 155. The van der Waals surface area contributed by atoms with Crippen molar-refractivity contribution in [2.75, 3.05) is 13.1 Å². The summed E-state index contributed by atoms with van der Waals surface area (Å²) in [5.41, 5.74) is 0. The molecule has 10 heavy (non-hydrogen) atoms. The largest absolute Gasteiger partial charge is 0.374 e. The normalized spacial score (nSPS) is 23.5. The van der Waals surface area contributed by atoms with Crippen LogP contribution in [0.25, 0.3) is 0 Å². The Kier molecular flexibility index (Phi) is 2.25. The van der Waals surface area contributed by atoms with Gasteiger partial charge in [0.1, 0.15) is 0 Å². The van der Waals surface area contributed by atoms with E-state index in [1.54, 1.807) is 6.34 Å². The summed E-state index contributed by atoms with van der Waals surface area (Å²) < 4.78 is 0. The van der Waals surface area contributed by atoms with Gasteiger partial charge in [-0.05, 0) is 0 Å². The van der Waals surface area contributed by atoms with Crippen molar-refractivity contribution in [1.29, 1.82) is 0 Å². The van der Waals surface area contributed by atoms with Crippen LogP contribution in [0.3, 0.4) is 0 Å². The summed E-state index contributed by atoms with van der Waals surface area (Å²) in [6.45, 7) is 2.98. The van der Waals surface area contributed by atoms with Crippen LogP contribution in [0.4, 0.5) is 0 Å². The number of nitrogens with one attached hydrogen (secondary N) is 2. The first-order chi connectivity index (χ1) is 4.79. The van der Waals surface area contributed by atoms with E-state index in [-0.39, 0.29) is 11.9 Å². The number of amides is 1. The maximum absolute atomic E-state index is 10.5. The minimum absolute atomic E-state index is 0.00361. The number of rotatable bonds is 1. The topological polar surface area (TPSA) is 53.5 Å². The summed E-state index contributed by atoms with van der Waals surface area (Å²) in [4.78, 5) is 14.5. The van der Waals surface area contributed by atoms with Crippen molar-refractivity contribution < 1.29 is 4.79 Å². The highest BCUT2D eigenvalue weighted by atomic mass is 16.1. The number of aliphatic imine (C=N–C) groups is 1. The molecular formula is C6H11N3O. The van der Waals surface area contributed by atoms with Gasteiger partial charge in [-0.2, -0.15) is 0 Å². The first-order valence-electron chi connectivity index (χ1n) is 3.28. The Morgan fingerprint density at radius 3 is 3.20 bits per heavy atom. The monoisotopic (exact) mass is 141 g/mol. The number of carbonyl (C=O) groups is 1. The van der Waals surface area contributed by atoms with Gasteiger partial charge in [-0.25, -0.2) is 0 Å². The highest BCUT2D eigenvalue weighted by molar-refractivity contribution is 5.73. The molecule has 1 unspecified atom stereocenters. The van der Waals surface area contributed by atoms with Gasteiger partial charge >= 0.3 is 0 Å². The van der Waals surface area contributed by atoms with Crippen molar-refractivity contribution >= 4 is 12.2 Å². The second kappa shape index (κ2) is 3.20. The smallest absolute Gasteiger partial charge is 0.217 e. The Hall–Kier alpha value is -1.06. The van der Waals surface area contributed by atoms with Crippen LogP contribution in [0.2, 0.25) is 0 Å². The van der Waals surface area contributed by atoms with E-state index in [0.29, 0.717) is 6.54 Å². The molecule has 0 spiro atoms. The molecule has 0 aromatic rings. The molecular weight excluding hydrogens is 130 g/mol. The van der Waals surface area contributed by atoms with E-state index in [4.69, 9.17) is 0 Å². The SMILES string of the molecule is CC(=O)NC1CN=CNC1. The van der Waals surface area contributed by atoms with E-state index in [2.05, 4.69) is 15.6 Å². The van der Waals surface area contributed by atoms with Crippen molar-refractivity contribution in [3.63, 3.8) is 0 Å². The van der Waals surface area contributed by atoms with Crippen molar-refractivity contribution in [2.24, 2.45) is 4.99 Å². The quantitative estimate of drug-likeness (QED) is 0.498. The summed E-state index contributed by atoms with van der Waals surface area (Å²) in [5, 5.41) is 5.70. The van der Waals surface area contributed by atoms with Crippen LogP contribution in [-0.2, 0) is 4.79 Å². The summed E-state index contributed by atoms with van der Waals surface area (Å²) in [7, 11) is 0. The Morgan fingerprint density at radius 1 is 1.90 bits per heavy atom. The molecule has 0 aromatic heterocycles. The molecule has 1 rings (SSSR count). The molecule has 0 radical (unpaired) electrons. The average molecular weight is 141 g/mol. The molecule has 1 aliphatic rings. The third-order valence-corrected chi connectivity index (χ3v) is 1.28. The fraction of sp³-hybridized carbons (Fsp3) is 0.667. The van der Waals surface area contributed by atoms with Crippen molar-refractivity contribution in [3.05, 3.63) is 0 Å². The van der Waals surface area contributed by atoms with Gasteiger partial charge in [0.2, 0.25) is 5.91 Å². The molecule has 0 bridgehead atoms. The molecule has 4 nitrogen and oxygen atoms in total. The van der Waals surface area contributed by atoms with Gasteiger partial charge in [0.25, 0.3) is 0 Å². The average Bonchev–Trinajstić information content (AvgIpc) is 1.88. The molecule has 1 aliphatic heterocycles. The summed E-state index contributed by atoms with van der Waals surface area (Å²) >= 11 is 0. The second-order valence-electron chi connectivity index (χ2n) is 2.30. The summed E-state index contributed by atoms with van der Waals surface area (Å²) in [6.07, 6.45) is 1.66. The van der Waals surface area contributed by atoms with Crippen LogP contribution < -0.4 is 10.6 Å². The predicted octanol–water partition coefficient (Wildman–Crippen LogP) is -0.877. The lowest BCUT2D eigenvalue weighted by Crippen LogP contribution is -2.45. The molecule has 1 heterocycles. The van der Waals surface area contributed by atoms with Crippen LogP contribution in [0.15, 0.2) is 4.99 Å². The fourth-order valence-electron chi connectivity index (χ4n) is 0.888. The van der Waals surface area contributed by atoms with Gasteiger partial charge < -0.3 is 10.6 Å². The second-order valence-corrected chi connectivity index (χ2v) is 2.30. The fourth-order valence-corrected chi connectivity index (χ4v) is 0.888. The third kappa shape index (κ3) is 2.05. The highest BCUT2D eigenvalue weighted by Gasteiger charge is 2.09. The van der Waals surface area contributed by atoms with E-state index in [1.165, 1.54) is 6.92 Å². The van der Waals surface area contributed by atoms with Crippen molar-refractivity contribution in [2.45, 2.75) is 13.0 Å². The predicted molar refractivity (Wildman–Crippen MR) is 39.0 cm³/mol. The van der Waals surface area contributed by atoms with Crippen LogP contribution in [0, 0.1) is 0 Å². The Labute approximate surface area is 59.7 Å². The zero-order chi connectivity index (χ0) is 7.40. The molecule has 1 atom stereocenters. The molecule has 4 heteroatoms. The molecule has 0 aromatic carbocycles. The maximum atomic E-state index is 10.5. The van der Waals surface area contributed by atoms with Crippen molar-refractivity contribution in [1.82, 2.24) is 10.6 Å². The van der Waals surface area contributed by atoms with Crippen LogP contribution in [0.1, 0.15) is 6.92 Å². The lowest BCUT2D eigenvalue weighted by Gasteiger charge is -2.18. The third-order valence-electron chi connectivity index (χ3n) is 1.28. The first-order valence-corrected chi connectivity index (χ1v) is 3.28. The van der Waals surface area contributed by atoms with Crippen LogP contribution in [-0.4, -0.2) is 31.4 Å². The molecule has 56 valence electrons. The van der Waals surface area contributed by atoms with Gasteiger partial charge in [0.05, 0.1) is 18.9 Å². The Balaban J connectivity index is 2.28. The van der Waals surface area contributed by atoms with Gasteiger partial charge in [0, 0.05) is 13.5 Å². The van der Waals surface area contributed by atoms with E-state index in [0.717, 1.165) is 6.54 Å². The minimum Gasteiger partial charge on any atom is -0.374 e. The molecule has 0 fully saturated rings. The lowest BCUT2D eigenvalue weighted by molar-refractivity contribution is -0.119. The van der Waals surface area contributed by atoms with E-state index in [1.807, 2.05) is 0 Å². The number of carbonyl (C=O) groups excluding carboxylic acids is 1. The summed E-state index contributed by atoms with van der Waals surface area (Å²) in [6, 6.07) is 0.169. The maximum Gasteiger partial charge on any atom is 0.217 e. The zero-order valence-corrected chi connectivity index (χ0v) is 5.92. The van der Waals surface area contributed by atoms with E-state index < -0.39 is 0 Å². The Morgan fingerprint density at radius 2 is 2.70 bits per heavy atom. The number of nitrogens with zero attached hydrogens (tertiary/aromatic N) is 1. The molecule has 1 amide bonds. The van der Waals surface area contributed by atoms with E-state index >= 15 is 0 Å². The zero-order valence-electron chi connectivity index (χ0n) is 5.92. The number of hydrogen-bond donors (Lipinski definition) is 2. The minimum atomic E-state index is 0.00361. The molecule has 0 saturated carbocycles. The van der Waals surface area contributed by atoms with Crippen LogP contribution in [0.5, 0.6) is 0 Å². The molecule has 2 N–H and O–H groups in total. The van der Waals surface area contributed by atoms with Crippen molar-refractivity contribution in [3.8, 4) is 0 Å².